The third kappa shape index (κ3) is 3.85. The molecule has 1 aliphatic rings. The van der Waals surface area contributed by atoms with Gasteiger partial charge in [-0.1, -0.05) is 66.9 Å². The minimum atomic E-state index is -0.210. The minimum Gasteiger partial charge on any atom is -0.369 e. The molecule has 1 aromatic carbocycles. The average molecular weight is 339 g/mol. The molecule has 2 rings (SSSR count). The highest BCUT2D eigenvalue weighted by Crippen LogP contribution is 2.32. The van der Waals surface area contributed by atoms with Crippen molar-refractivity contribution in [3.05, 3.63) is 35.4 Å². The Hall–Kier alpha value is -0.340. The van der Waals surface area contributed by atoms with E-state index in [4.69, 9.17) is 4.74 Å². The molecule has 1 nitrogen and oxygen atoms in total. The normalized spacial score (nSPS) is 19.4. The SMILES string of the molecule is CC(C)c1ccc(C(C)(CBr)OCC2CCCC2)cc1. The number of hydrogen-bond donors (Lipinski definition) is 0. The zero-order chi connectivity index (χ0) is 14.6. The van der Waals surface area contributed by atoms with Crippen LogP contribution < -0.4 is 0 Å². The van der Waals surface area contributed by atoms with Crippen molar-refractivity contribution in [2.24, 2.45) is 5.92 Å². The minimum absolute atomic E-state index is 0.210. The van der Waals surface area contributed by atoms with E-state index in [9.17, 15) is 0 Å². The van der Waals surface area contributed by atoms with Crippen LogP contribution in [-0.4, -0.2) is 11.9 Å². The van der Waals surface area contributed by atoms with Gasteiger partial charge in [-0.2, -0.15) is 0 Å². The van der Waals surface area contributed by atoms with Gasteiger partial charge in [-0.25, -0.2) is 0 Å². The fraction of sp³-hybridized carbons (Fsp3) is 0.667. The average Bonchev–Trinajstić information content (AvgIpc) is 2.98. The largest absolute Gasteiger partial charge is 0.369 e. The summed E-state index contributed by atoms with van der Waals surface area (Å²) in [5.41, 5.74) is 2.45. The first-order valence-electron chi connectivity index (χ1n) is 7.85. The van der Waals surface area contributed by atoms with E-state index in [1.54, 1.807) is 0 Å². The summed E-state index contributed by atoms with van der Waals surface area (Å²) in [7, 11) is 0. The van der Waals surface area contributed by atoms with Crippen molar-refractivity contribution in [3.63, 3.8) is 0 Å². The summed E-state index contributed by atoms with van der Waals surface area (Å²) in [6.07, 6.45) is 5.43. The van der Waals surface area contributed by atoms with Gasteiger partial charge >= 0.3 is 0 Å². The van der Waals surface area contributed by atoms with Crippen LogP contribution >= 0.6 is 15.9 Å². The molecule has 0 amide bonds. The van der Waals surface area contributed by atoms with Crippen LogP contribution in [0.2, 0.25) is 0 Å². The Morgan fingerprint density at radius 1 is 1.20 bits per heavy atom. The quantitative estimate of drug-likeness (QED) is 0.611. The van der Waals surface area contributed by atoms with Crippen molar-refractivity contribution >= 4 is 15.9 Å². The van der Waals surface area contributed by atoms with Crippen molar-refractivity contribution in [2.45, 2.75) is 58.0 Å². The third-order valence-electron chi connectivity index (χ3n) is 4.56. The Kier molecular flexibility index (Phi) is 5.68. The second-order valence-electron chi connectivity index (χ2n) is 6.60. The second kappa shape index (κ2) is 7.09. The number of halogens is 1. The molecule has 0 N–H and O–H groups in total. The van der Waals surface area contributed by atoms with Gasteiger partial charge in [0.15, 0.2) is 0 Å². The monoisotopic (exact) mass is 338 g/mol. The molecule has 1 atom stereocenters. The lowest BCUT2D eigenvalue weighted by molar-refractivity contribution is -0.0342. The predicted molar refractivity (Wildman–Crippen MR) is 89.6 cm³/mol. The smallest absolute Gasteiger partial charge is 0.0999 e. The summed E-state index contributed by atoms with van der Waals surface area (Å²) >= 11 is 3.64. The van der Waals surface area contributed by atoms with Crippen LogP contribution in [0.1, 0.15) is 63.5 Å². The maximum absolute atomic E-state index is 6.30. The van der Waals surface area contributed by atoms with Gasteiger partial charge in [0.2, 0.25) is 0 Å². The first-order chi connectivity index (χ1) is 9.55. The van der Waals surface area contributed by atoms with Crippen molar-refractivity contribution in [1.82, 2.24) is 0 Å². The summed E-state index contributed by atoms with van der Waals surface area (Å²) in [5.74, 6) is 1.35. The highest BCUT2D eigenvalue weighted by Gasteiger charge is 2.28. The highest BCUT2D eigenvalue weighted by molar-refractivity contribution is 9.09. The molecule has 0 bridgehead atoms. The predicted octanol–water partition coefficient (Wildman–Crippen LogP) is 5.63. The van der Waals surface area contributed by atoms with Gasteiger partial charge in [0.1, 0.15) is 0 Å². The summed E-state index contributed by atoms with van der Waals surface area (Å²) in [5, 5.41) is 0.841. The van der Waals surface area contributed by atoms with Crippen LogP contribution in [0, 0.1) is 5.92 Å². The number of benzene rings is 1. The number of rotatable bonds is 6. The number of hydrogen-bond acceptors (Lipinski definition) is 1. The highest BCUT2D eigenvalue weighted by atomic mass is 79.9. The second-order valence-corrected chi connectivity index (χ2v) is 7.16. The Labute approximate surface area is 132 Å². The van der Waals surface area contributed by atoms with E-state index in [0.717, 1.165) is 17.9 Å². The van der Waals surface area contributed by atoms with Crippen molar-refractivity contribution in [1.29, 1.82) is 0 Å². The molecule has 112 valence electrons. The van der Waals surface area contributed by atoms with Crippen LogP contribution in [0.4, 0.5) is 0 Å². The van der Waals surface area contributed by atoms with E-state index < -0.39 is 0 Å². The molecule has 20 heavy (non-hydrogen) atoms. The number of alkyl halides is 1. The molecule has 0 spiro atoms. The molecule has 1 fully saturated rings. The lowest BCUT2D eigenvalue weighted by atomic mass is 9.94. The van der Waals surface area contributed by atoms with Crippen LogP contribution in [0.25, 0.3) is 0 Å². The molecule has 0 aromatic heterocycles. The lowest BCUT2D eigenvalue weighted by Crippen LogP contribution is -2.30. The van der Waals surface area contributed by atoms with E-state index in [0.29, 0.717) is 5.92 Å². The van der Waals surface area contributed by atoms with Gasteiger partial charge < -0.3 is 4.74 Å². The van der Waals surface area contributed by atoms with Crippen molar-refractivity contribution in [2.75, 3.05) is 11.9 Å². The topological polar surface area (TPSA) is 9.23 Å². The van der Waals surface area contributed by atoms with Crippen LogP contribution in [0.15, 0.2) is 24.3 Å². The zero-order valence-electron chi connectivity index (χ0n) is 13.0. The van der Waals surface area contributed by atoms with E-state index in [2.05, 4.69) is 61.0 Å². The Morgan fingerprint density at radius 3 is 2.30 bits per heavy atom. The molecule has 1 aliphatic carbocycles. The first-order valence-corrected chi connectivity index (χ1v) is 8.97. The number of ether oxygens (including phenoxy) is 1. The maximum Gasteiger partial charge on any atom is 0.0999 e. The Morgan fingerprint density at radius 2 is 1.80 bits per heavy atom. The van der Waals surface area contributed by atoms with Gasteiger partial charge in [0.05, 0.1) is 12.2 Å². The summed E-state index contributed by atoms with van der Waals surface area (Å²) in [4.78, 5) is 0. The molecule has 0 heterocycles. The Balaban J connectivity index is 2.04. The molecule has 1 aromatic rings. The van der Waals surface area contributed by atoms with E-state index >= 15 is 0 Å². The molecule has 1 unspecified atom stereocenters. The third-order valence-corrected chi connectivity index (χ3v) is 5.63. The zero-order valence-corrected chi connectivity index (χ0v) is 14.6. The summed E-state index contributed by atoms with van der Waals surface area (Å²) in [6.45, 7) is 7.56. The molecule has 2 heteroatoms. The molecule has 0 radical (unpaired) electrons. The van der Waals surface area contributed by atoms with Crippen LogP contribution in [-0.2, 0) is 10.3 Å². The summed E-state index contributed by atoms with van der Waals surface area (Å²) in [6, 6.07) is 8.93. The van der Waals surface area contributed by atoms with Crippen molar-refractivity contribution in [3.8, 4) is 0 Å². The lowest BCUT2D eigenvalue weighted by Gasteiger charge is -2.30. The summed E-state index contributed by atoms with van der Waals surface area (Å²) < 4.78 is 6.30. The van der Waals surface area contributed by atoms with E-state index in [1.165, 1.54) is 36.8 Å². The Bertz CT molecular complexity index is 406. The fourth-order valence-electron chi connectivity index (χ4n) is 2.90. The van der Waals surface area contributed by atoms with Crippen molar-refractivity contribution < 1.29 is 4.74 Å². The van der Waals surface area contributed by atoms with Crippen LogP contribution in [0.5, 0.6) is 0 Å². The maximum atomic E-state index is 6.30. The van der Waals surface area contributed by atoms with Gasteiger partial charge in [0.25, 0.3) is 0 Å². The molecule has 0 saturated heterocycles. The molecular formula is C18H27BrO. The molecule has 0 aliphatic heterocycles. The van der Waals surface area contributed by atoms with Gasteiger partial charge in [-0.3, -0.25) is 0 Å². The standard InChI is InChI=1S/C18H27BrO/c1-14(2)16-8-10-17(11-9-16)18(3,13-19)20-12-15-6-4-5-7-15/h8-11,14-15H,4-7,12-13H2,1-3H3. The van der Waals surface area contributed by atoms with Gasteiger partial charge in [-0.15, -0.1) is 0 Å². The van der Waals surface area contributed by atoms with E-state index in [1.807, 2.05) is 0 Å². The fourth-order valence-corrected chi connectivity index (χ4v) is 3.38. The first kappa shape index (κ1) is 16.0. The van der Waals surface area contributed by atoms with E-state index in [-0.39, 0.29) is 5.60 Å². The van der Waals surface area contributed by atoms with Crippen LogP contribution in [0.3, 0.4) is 0 Å². The molecule has 1 saturated carbocycles. The van der Waals surface area contributed by atoms with Gasteiger partial charge in [-0.05, 0) is 42.7 Å². The van der Waals surface area contributed by atoms with Gasteiger partial charge in [0, 0.05) is 5.33 Å². The molecular weight excluding hydrogens is 312 g/mol.